The summed E-state index contributed by atoms with van der Waals surface area (Å²) in [4.78, 5) is 27.7. The molecular formula is C25H25F2N7O2. The van der Waals surface area contributed by atoms with E-state index in [1.165, 1.54) is 12.1 Å². The second-order valence-electron chi connectivity index (χ2n) is 9.07. The molecule has 1 amide bonds. The van der Waals surface area contributed by atoms with Gasteiger partial charge in [0.05, 0.1) is 23.1 Å². The van der Waals surface area contributed by atoms with Gasteiger partial charge in [0, 0.05) is 36.6 Å². The van der Waals surface area contributed by atoms with E-state index in [0.29, 0.717) is 23.5 Å². The van der Waals surface area contributed by atoms with Crippen LogP contribution in [0.2, 0.25) is 0 Å². The molecule has 1 aliphatic rings. The maximum atomic E-state index is 14.3. The molecule has 1 aliphatic heterocycles. The molecule has 1 atom stereocenters. The van der Waals surface area contributed by atoms with E-state index in [-0.39, 0.29) is 17.8 Å². The molecule has 0 saturated carbocycles. The molecule has 5 rings (SSSR count). The highest BCUT2D eigenvalue weighted by molar-refractivity contribution is 6.08. The van der Waals surface area contributed by atoms with Crippen LogP contribution in [0.25, 0.3) is 16.6 Å². The monoisotopic (exact) mass is 493 g/mol. The van der Waals surface area contributed by atoms with Gasteiger partial charge in [-0.2, -0.15) is 14.9 Å². The van der Waals surface area contributed by atoms with Crippen LogP contribution in [0.4, 0.5) is 20.2 Å². The zero-order chi connectivity index (χ0) is 25.6. The number of nitrogens with two attached hydrogens (primary N) is 1. The van der Waals surface area contributed by atoms with Crippen molar-refractivity contribution in [3.63, 3.8) is 0 Å². The Balaban J connectivity index is 1.56. The largest absolute Gasteiger partial charge is 0.368 e. The van der Waals surface area contributed by atoms with E-state index in [1.807, 2.05) is 24.6 Å². The number of carbonyl (C=O) groups is 1. The molecule has 0 radical (unpaired) electrons. The molecule has 1 saturated heterocycles. The number of nitrogens with one attached hydrogen (secondary N) is 1. The summed E-state index contributed by atoms with van der Waals surface area (Å²) in [6.45, 7) is 5.40. The Bertz CT molecular complexity index is 1510. The Morgan fingerprint density at radius 3 is 2.53 bits per heavy atom. The van der Waals surface area contributed by atoms with E-state index in [9.17, 15) is 18.4 Å². The predicted octanol–water partition coefficient (Wildman–Crippen LogP) is 3.23. The lowest BCUT2D eigenvalue weighted by Crippen LogP contribution is -2.28. The van der Waals surface area contributed by atoms with Crippen LogP contribution < -0.4 is 21.5 Å². The van der Waals surface area contributed by atoms with E-state index in [4.69, 9.17) is 5.73 Å². The summed E-state index contributed by atoms with van der Waals surface area (Å²) in [5, 5.41) is 12.2. The first-order valence-corrected chi connectivity index (χ1v) is 11.6. The van der Waals surface area contributed by atoms with Gasteiger partial charge in [-0.05, 0) is 50.6 Å². The van der Waals surface area contributed by atoms with Crippen LogP contribution in [-0.2, 0) is 0 Å². The lowest BCUT2D eigenvalue weighted by Gasteiger charge is -2.23. The maximum Gasteiger partial charge on any atom is 0.276 e. The van der Waals surface area contributed by atoms with Gasteiger partial charge in [-0.1, -0.05) is 6.07 Å². The third-order valence-corrected chi connectivity index (χ3v) is 6.21. The standard InChI is InChI=1S/C25H25F2N7O2/c1-14(2)33-21-8-6-19(23(16(21)12-29-33)32-11-10-15(28)13-32)30-25(36)20-7-9-22(35)34(31-20)24-17(26)4-3-5-18(24)27/h3-9,12,14-15H,10-11,13,28H2,1-2H3,(H,30,36). The minimum Gasteiger partial charge on any atom is -0.368 e. The van der Waals surface area contributed by atoms with Gasteiger partial charge in [-0.3, -0.25) is 14.3 Å². The number of rotatable bonds is 5. The molecule has 2 aromatic heterocycles. The first-order chi connectivity index (χ1) is 17.2. The van der Waals surface area contributed by atoms with Gasteiger partial charge >= 0.3 is 0 Å². The third-order valence-electron chi connectivity index (χ3n) is 6.21. The summed E-state index contributed by atoms with van der Waals surface area (Å²) < 4.78 is 31.0. The van der Waals surface area contributed by atoms with Crippen molar-refractivity contribution in [2.75, 3.05) is 23.3 Å². The SMILES string of the molecule is CC(C)n1ncc2c(N3CCC(N)C3)c(NC(=O)c3ccc(=O)n(-c4c(F)cccc4F)n3)ccc21. The van der Waals surface area contributed by atoms with E-state index in [2.05, 4.69) is 20.4 Å². The molecule has 4 aromatic rings. The lowest BCUT2D eigenvalue weighted by molar-refractivity contribution is 0.102. The summed E-state index contributed by atoms with van der Waals surface area (Å²) in [6.07, 6.45) is 2.58. The maximum absolute atomic E-state index is 14.3. The molecule has 0 bridgehead atoms. The van der Waals surface area contributed by atoms with Crippen molar-refractivity contribution in [2.24, 2.45) is 5.73 Å². The summed E-state index contributed by atoms with van der Waals surface area (Å²) >= 11 is 0. The molecule has 1 fully saturated rings. The molecule has 9 nitrogen and oxygen atoms in total. The van der Waals surface area contributed by atoms with E-state index < -0.39 is 28.8 Å². The van der Waals surface area contributed by atoms with Gasteiger partial charge in [-0.15, -0.1) is 0 Å². The van der Waals surface area contributed by atoms with E-state index in [0.717, 1.165) is 41.2 Å². The third kappa shape index (κ3) is 4.11. The van der Waals surface area contributed by atoms with Gasteiger partial charge in [0.1, 0.15) is 11.4 Å². The van der Waals surface area contributed by atoms with Gasteiger partial charge < -0.3 is 16.0 Å². The first-order valence-electron chi connectivity index (χ1n) is 11.6. The molecule has 186 valence electrons. The van der Waals surface area contributed by atoms with Gasteiger partial charge in [-0.25, -0.2) is 8.78 Å². The highest BCUT2D eigenvalue weighted by atomic mass is 19.1. The van der Waals surface area contributed by atoms with Gasteiger partial charge in [0.25, 0.3) is 11.5 Å². The molecule has 36 heavy (non-hydrogen) atoms. The Labute approximate surface area is 205 Å². The number of nitrogens with zero attached hydrogens (tertiary/aromatic N) is 5. The Morgan fingerprint density at radius 2 is 1.86 bits per heavy atom. The fourth-order valence-electron chi connectivity index (χ4n) is 4.52. The van der Waals surface area contributed by atoms with Crippen LogP contribution in [0.1, 0.15) is 36.8 Å². The van der Waals surface area contributed by atoms with Crippen LogP contribution in [0, 0.1) is 11.6 Å². The number of aromatic nitrogens is 4. The molecule has 0 aliphatic carbocycles. The fraction of sp³-hybridized carbons (Fsp3) is 0.280. The van der Waals surface area contributed by atoms with Crippen LogP contribution in [0.3, 0.4) is 0 Å². The Kier molecular flexibility index (Phi) is 6.00. The quantitative estimate of drug-likeness (QED) is 0.442. The number of benzene rings is 2. The second-order valence-corrected chi connectivity index (χ2v) is 9.07. The summed E-state index contributed by atoms with van der Waals surface area (Å²) in [5.41, 5.74) is 6.78. The van der Waals surface area contributed by atoms with Crippen molar-refractivity contribution >= 4 is 28.2 Å². The summed E-state index contributed by atoms with van der Waals surface area (Å²) in [5.74, 6) is -2.58. The lowest BCUT2D eigenvalue weighted by atomic mass is 10.1. The van der Waals surface area contributed by atoms with Crippen LogP contribution >= 0.6 is 0 Å². The average molecular weight is 494 g/mol. The first kappa shape index (κ1) is 23.6. The normalized spacial score (nSPS) is 15.7. The molecule has 11 heteroatoms. The summed E-state index contributed by atoms with van der Waals surface area (Å²) in [7, 11) is 0. The molecule has 3 N–H and O–H groups in total. The zero-order valence-electron chi connectivity index (χ0n) is 19.8. The number of carbonyl (C=O) groups excluding carboxylic acids is 1. The van der Waals surface area contributed by atoms with Crippen molar-refractivity contribution in [1.29, 1.82) is 0 Å². The van der Waals surface area contributed by atoms with Crippen molar-refractivity contribution in [1.82, 2.24) is 19.6 Å². The molecule has 0 spiro atoms. The number of amides is 1. The number of para-hydroxylation sites is 1. The summed E-state index contributed by atoms with van der Waals surface area (Å²) in [6, 6.07) is 9.27. The number of hydrogen-bond donors (Lipinski definition) is 2. The average Bonchev–Trinajstić information content (AvgIpc) is 3.46. The van der Waals surface area contributed by atoms with Crippen molar-refractivity contribution in [3.8, 4) is 5.69 Å². The van der Waals surface area contributed by atoms with Crippen molar-refractivity contribution in [3.05, 3.63) is 76.3 Å². The van der Waals surface area contributed by atoms with Crippen LogP contribution in [0.15, 0.2) is 53.5 Å². The predicted molar refractivity (Wildman–Crippen MR) is 133 cm³/mol. The van der Waals surface area contributed by atoms with Crippen molar-refractivity contribution < 1.29 is 13.6 Å². The molecule has 2 aromatic carbocycles. The smallest absolute Gasteiger partial charge is 0.276 e. The van der Waals surface area contributed by atoms with E-state index >= 15 is 0 Å². The number of anilines is 2. The minimum absolute atomic E-state index is 0.00448. The number of halogens is 2. The number of fused-ring (bicyclic) bond motifs is 1. The topological polar surface area (TPSA) is 111 Å². The van der Waals surface area contributed by atoms with E-state index in [1.54, 1.807) is 12.3 Å². The van der Waals surface area contributed by atoms with Gasteiger partial charge in [0.2, 0.25) is 0 Å². The Hall–Kier alpha value is -4.12. The molecular weight excluding hydrogens is 468 g/mol. The van der Waals surface area contributed by atoms with Crippen molar-refractivity contribution in [2.45, 2.75) is 32.4 Å². The molecule has 3 heterocycles. The van der Waals surface area contributed by atoms with Crippen LogP contribution in [0.5, 0.6) is 0 Å². The van der Waals surface area contributed by atoms with Gasteiger partial charge in [0.15, 0.2) is 11.6 Å². The molecule has 1 unspecified atom stereocenters. The Morgan fingerprint density at radius 1 is 1.11 bits per heavy atom. The fourth-order valence-corrected chi connectivity index (χ4v) is 4.52. The highest BCUT2D eigenvalue weighted by Gasteiger charge is 2.26. The second kappa shape index (κ2) is 9.15. The minimum atomic E-state index is -0.970. The zero-order valence-corrected chi connectivity index (χ0v) is 19.8. The highest BCUT2D eigenvalue weighted by Crippen LogP contribution is 2.37. The van der Waals surface area contributed by atoms with Crippen LogP contribution in [-0.4, -0.2) is 44.6 Å². The number of hydrogen-bond acceptors (Lipinski definition) is 6.